The summed E-state index contributed by atoms with van der Waals surface area (Å²) in [4.78, 5) is 21.8. The van der Waals surface area contributed by atoms with Gasteiger partial charge >= 0.3 is 5.69 Å². The number of hydrogen-bond donors (Lipinski definition) is 1. The number of carbonyl (C=O) groups is 1. The van der Waals surface area contributed by atoms with Crippen molar-refractivity contribution in [3.05, 3.63) is 69.5 Å². The van der Waals surface area contributed by atoms with Crippen molar-refractivity contribution in [3.63, 3.8) is 0 Å². The van der Waals surface area contributed by atoms with Gasteiger partial charge in [0.2, 0.25) is 5.82 Å². The minimum Gasteiger partial charge on any atom is -0.322 e. The Morgan fingerprint density at radius 3 is 2.60 bits per heavy atom. The van der Waals surface area contributed by atoms with E-state index < -0.39 is 22.3 Å². The fourth-order valence-corrected chi connectivity index (χ4v) is 1.70. The number of hydrogen-bond acceptors (Lipinski definition) is 3. The maximum Gasteiger partial charge on any atom is 0.305 e. The van der Waals surface area contributed by atoms with Crippen LogP contribution in [0.3, 0.4) is 0 Å². The van der Waals surface area contributed by atoms with Crippen molar-refractivity contribution in [2.75, 3.05) is 5.32 Å². The summed E-state index contributed by atoms with van der Waals surface area (Å²) in [6.45, 7) is 1.82. The number of rotatable bonds is 3. The molecule has 0 aliphatic carbocycles. The van der Waals surface area contributed by atoms with Crippen LogP contribution in [0.1, 0.15) is 15.9 Å². The third-order valence-electron chi connectivity index (χ3n) is 2.80. The van der Waals surface area contributed by atoms with E-state index in [1.807, 2.05) is 19.1 Å². The summed E-state index contributed by atoms with van der Waals surface area (Å²) in [7, 11) is 0. The van der Waals surface area contributed by atoms with Gasteiger partial charge in [0.05, 0.1) is 4.92 Å². The molecular formula is C14H11FN2O3. The summed E-state index contributed by atoms with van der Waals surface area (Å²) < 4.78 is 13.2. The fraction of sp³-hybridized carbons (Fsp3) is 0.0714. The van der Waals surface area contributed by atoms with Crippen molar-refractivity contribution >= 4 is 17.3 Å². The Labute approximate surface area is 114 Å². The van der Waals surface area contributed by atoms with Crippen molar-refractivity contribution in [2.24, 2.45) is 0 Å². The zero-order valence-electron chi connectivity index (χ0n) is 10.6. The van der Waals surface area contributed by atoms with E-state index in [2.05, 4.69) is 5.32 Å². The second-order valence-corrected chi connectivity index (χ2v) is 4.19. The molecule has 5 nitrogen and oxygen atoms in total. The van der Waals surface area contributed by atoms with E-state index in [0.717, 1.165) is 17.7 Å². The van der Waals surface area contributed by atoms with Gasteiger partial charge < -0.3 is 5.32 Å². The van der Waals surface area contributed by atoms with E-state index in [0.29, 0.717) is 5.69 Å². The van der Waals surface area contributed by atoms with Crippen LogP contribution in [0.5, 0.6) is 0 Å². The smallest absolute Gasteiger partial charge is 0.305 e. The Morgan fingerprint density at radius 1 is 1.25 bits per heavy atom. The van der Waals surface area contributed by atoms with Crippen LogP contribution in [0.15, 0.2) is 42.5 Å². The molecule has 2 aromatic rings. The first kappa shape index (κ1) is 13.7. The molecule has 0 aromatic heterocycles. The van der Waals surface area contributed by atoms with Gasteiger partial charge in [0.1, 0.15) is 0 Å². The lowest BCUT2D eigenvalue weighted by Gasteiger charge is -2.08. The van der Waals surface area contributed by atoms with Gasteiger partial charge in [0.15, 0.2) is 0 Å². The van der Waals surface area contributed by atoms with Gasteiger partial charge in [-0.1, -0.05) is 18.2 Å². The fourth-order valence-electron chi connectivity index (χ4n) is 1.70. The molecule has 1 N–H and O–H groups in total. The third kappa shape index (κ3) is 2.80. The minimum atomic E-state index is -0.970. The number of benzene rings is 2. The summed E-state index contributed by atoms with van der Waals surface area (Å²) in [6, 6.07) is 10.2. The molecule has 2 aromatic carbocycles. The number of para-hydroxylation sites is 1. The van der Waals surface area contributed by atoms with Gasteiger partial charge in [-0.05, 0) is 30.7 Å². The van der Waals surface area contributed by atoms with Crippen molar-refractivity contribution in [3.8, 4) is 0 Å². The monoisotopic (exact) mass is 274 g/mol. The predicted octanol–water partition coefficient (Wildman–Crippen LogP) is 3.29. The van der Waals surface area contributed by atoms with Gasteiger partial charge in [0.25, 0.3) is 5.91 Å². The number of aryl methyl sites for hydroxylation is 1. The van der Waals surface area contributed by atoms with E-state index in [1.165, 1.54) is 6.07 Å². The zero-order valence-corrected chi connectivity index (χ0v) is 10.6. The average Bonchev–Trinajstić information content (AvgIpc) is 2.41. The molecule has 0 saturated heterocycles. The molecule has 20 heavy (non-hydrogen) atoms. The van der Waals surface area contributed by atoms with Crippen molar-refractivity contribution in [2.45, 2.75) is 6.92 Å². The number of halogens is 1. The van der Waals surface area contributed by atoms with E-state index >= 15 is 0 Å². The van der Waals surface area contributed by atoms with Crippen molar-refractivity contribution in [1.29, 1.82) is 0 Å². The van der Waals surface area contributed by atoms with Crippen LogP contribution in [0.4, 0.5) is 15.8 Å². The molecule has 2 rings (SSSR count). The SMILES string of the molecule is Cc1ccccc1NC(=O)c1ccc(F)c([N+](=O)[O-])c1. The maximum absolute atomic E-state index is 13.2. The van der Waals surface area contributed by atoms with Crippen LogP contribution < -0.4 is 5.32 Å². The number of anilines is 1. The number of carbonyl (C=O) groups excluding carboxylic acids is 1. The number of nitrogens with one attached hydrogen (secondary N) is 1. The van der Waals surface area contributed by atoms with Gasteiger partial charge in [0, 0.05) is 17.3 Å². The highest BCUT2D eigenvalue weighted by atomic mass is 19.1. The summed E-state index contributed by atoms with van der Waals surface area (Å²) in [6.07, 6.45) is 0. The Balaban J connectivity index is 2.28. The van der Waals surface area contributed by atoms with Crippen LogP contribution in [-0.2, 0) is 0 Å². The van der Waals surface area contributed by atoms with Crippen LogP contribution in [-0.4, -0.2) is 10.8 Å². The lowest BCUT2D eigenvalue weighted by molar-refractivity contribution is -0.387. The summed E-state index contributed by atoms with van der Waals surface area (Å²) in [5.74, 6) is -1.50. The van der Waals surface area contributed by atoms with Crippen LogP contribution >= 0.6 is 0 Å². The highest BCUT2D eigenvalue weighted by molar-refractivity contribution is 6.05. The van der Waals surface area contributed by atoms with Gasteiger partial charge in [-0.2, -0.15) is 4.39 Å². The maximum atomic E-state index is 13.2. The molecule has 0 spiro atoms. The Kier molecular flexibility index (Phi) is 3.74. The second kappa shape index (κ2) is 5.48. The summed E-state index contributed by atoms with van der Waals surface area (Å²) >= 11 is 0. The Morgan fingerprint density at radius 2 is 1.95 bits per heavy atom. The standard InChI is InChI=1S/C14H11FN2O3/c1-9-4-2-3-5-12(9)16-14(18)10-6-7-11(15)13(8-10)17(19)20/h2-8H,1H3,(H,16,18). The third-order valence-corrected chi connectivity index (χ3v) is 2.80. The molecule has 0 unspecified atom stereocenters. The molecule has 0 saturated carbocycles. The van der Waals surface area contributed by atoms with Gasteiger partial charge in [-0.25, -0.2) is 0 Å². The van der Waals surface area contributed by atoms with E-state index in [-0.39, 0.29) is 5.56 Å². The van der Waals surface area contributed by atoms with Crippen molar-refractivity contribution in [1.82, 2.24) is 0 Å². The molecule has 0 heterocycles. The first-order valence-electron chi connectivity index (χ1n) is 5.80. The first-order valence-corrected chi connectivity index (χ1v) is 5.80. The zero-order chi connectivity index (χ0) is 14.7. The van der Waals surface area contributed by atoms with E-state index in [1.54, 1.807) is 12.1 Å². The first-order chi connectivity index (χ1) is 9.49. The van der Waals surface area contributed by atoms with Crippen LogP contribution in [0.25, 0.3) is 0 Å². The van der Waals surface area contributed by atoms with E-state index in [4.69, 9.17) is 0 Å². The largest absolute Gasteiger partial charge is 0.322 e. The average molecular weight is 274 g/mol. The van der Waals surface area contributed by atoms with Gasteiger partial charge in [-0.3, -0.25) is 14.9 Å². The molecule has 0 bridgehead atoms. The molecule has 0 aliphatic heterocycles. The summed E-state index contributed by atoms with van der Waals surface area (Å²) in [5.41, 5.74) is 0.769. The molecular weight excluding hydrogens is 263 g/mol. The molecule has 102 valence electrons. The molecule has 0 aliphatic rings. The topological polar surface area (TPSA) is 72.2 Å². The number of amides is 1. The number of nitro groups is 1. The van der Waals surface area contributed by atoms with Gasteiger partial charge in [-0.15, -0.1) is 0 Å². The predicted molar refractivity (Wildman–Crippen MR) is 72.2 cm³/mol. The lowest BCUT2D eigenvalue weighted by Crippen LogP contribution is -2.13. The quantitative estimate of drug-likeness (QED) is 0.689. The Hall–Kier alpha value is -2.76. The van der Waals surface area contributed by atoms with Crippen LogP contribution in [0, 0.1) is 22.9 Å². The van der Waals surface area contributed by atoms with Crippen molar-refractivity contribution < 1.29 is 14.1 Å². The van der Waals surface area contributed by atoms with E-state index in [9.17, 15) is 19.3 Å². The molecule has 0 fully saturated rings. The molecule has 6 heteroatoms. The minimum absolute atomic E-state index is 0.0290. The Bertz CT molecular complexity index is 686. The normalized spacial score (nSPS) is 10.1. The number of nitrogens with zero attached hydrogens (tertiary/aromatic N) is 1. The summed E-state index contributed by atoms with van der Waals surface area (Å²) in [5, 5.41) is 13.3. The highest BCUT2D eigenvalue weighted by Crippen LogP contribution is 2.20. The lowest BCUT2D eigenvalue weighted by atomic mass is 10.1. The molecule has 0 radical (unpaired) electrons. The molecule has 0 atom stereocenters. The second-order valence-electron chi connectivity index (χ2n) is 4.19. The molecule has 1 amide bonds. The highest BCUT2D eigenvalue weighted by Gasteiger charge is 2.17. The number of nitro benzene ring substituents is 1. The van der Waals surface area contributed by atoms with Crippen LogP contribution in [0.2, 0.25) is 0 Å².